The molecule has 86 valence electrons. The second kappa shape index (κ2) is 4.11. The van der Waals surface area contributed by atoms with Gasteiger partial charge in [-0.15, -0.1) is 0 Å². The van der Waals surface area contributed by atoms with E-state index in [4.69, 9.17) is 0 Å². The lowest BCUT2D eigenvalue weighted by Crippen LogP contribution is -2.23. The summed E-state index contributed by atoms with van der Waals surface area (Å²) in [6.45, 7) is 0.822. The summed E-state index contributed by atoms with van der Waals surface area (Å²) in [7, 11) is 0. The van der Waals surface area contributed by atoms with Gasteiger partial charge in [0, 0.05) is 34.7 Å². The molecule has 0 N–H and O–H groups in total. The third-order valence-electron chi connectivity index (χ3n) is 3.06. The van der Waals surface area contributed by atoms with Gasteiger partial charge in [0.1, 0.15) is 0 Å². The Balaban J connectivity index is 2.13. The molecule has 1 saturated heterocycles. The number of halogens is 1. The van der Waals surface area contributed by atoms with Crippen LogP contribution in [0, 0.1) is 0 Å². The van der Waals surface area contributed by atoms with Gasteiger partial charge >= 0.3 is 0 Å². The van der Waals surface area contributed by atoms with Crippen molar-refractivity contribution in [1.29, 1.82) is 0 Å². The number of aromatic nitrogens is 1. The van der Waals surface area contributed by atoms with Crippen molar-refractivity contribution >= 4 is 38.4 Å². The summed E-state index contributed by atoms with van der Waals surface area (Å²) in [4.78, 5) is 17.8. The van der Waals surface area contributed by atoms with Crippen molar-refractivity contribution in [3.05, 3.63) is 34.9 Å². The fourth-order valence-corrected chi connectivity index (χ4v) is 2.63. The fraction of sp³-hybridized carbons (Fsp3) is 0.231. The van der Waals surface area contributed by atoms with Crippen molar-refractivity contribution in [1.82, 2.24) is 4.98 Å². The zero-order valence-electron chi connectivity index (χ0n) is 9.19. The Bertz CT molecular complexity index is 597. The molecule has 1 aliphatic rings. The number of anilines is 1. The Morgan fingerprint density at radius 3 is 2.94 bits per heavy atom. The van der Waals surface area contributed by atoms with Gasteiger partial charge < -0.3 is 4.90 Å². The summed E-state index contributed by atoms with van der Waals surface area (Å²) in [5.74, 6) is 0.212. The molecule has 0 radical (unpaired) electrons. The van der Waals surface area contributed by atoms with Crippen LogP contribution in [0.2, 0.25) is 0 Å². The zero-order chi connectivity index (χ0) is 11.8. The van der Waals surface area contributed by atoms with Gasteiger partial charge in [-0.1, -0.05) is 15.9 Å². The van der Waals surface area contributed by atoms with Crippen molar-refractivity contribution in [3.8, 4) is 0 Å². The molecule has 1 fully saturated rings. The van der Waals surface area contributed by atoms with Crippen molar-refractivity contribution in [2.24, 2.45) is 0 Å². The van der Waals surface area contributed by atoms with Crippen LogP contribution in [0.5, 0.6) is 0 Å². The third kappa shape index (κ3) is 1.82. The summed E-state index contributed by atoms with van der Waals surface area (Å²) < 4.78 is 1.01. The molecule has 1 aromatic carbocycles. The molecule has 2 heterocycles. The van der Waals surface area contributed by atoms with E-state index < -0.39 is 0 Å². The number of carbonyl (C=O) groups is 1. The number of carbonyl (C=O) groups excluding carboxylic acids is 1. The Hall–Kier alpha value is -1.42. The fourth-order valence-electron chi connectivity index (χ4n) is 2.19. The predicted octanol–water partition coefficient (Wildman–Crippen LogP) is 3.12. The molecule has 0 unspecified atom stereocenters. The van der Waals surface area contributed by atoms with E-state index in [1.807, 2.05) is 29.2 Å². The van der Waals surface area contributed by atoms with Gasteiger partial charge in [0.25, 0.3) is 0 Å². The number of benzene rings is 1. The van der Waals surface area contributed by atoms with E-state index in [0.717, 1.165) is 34.0 Å². The van der Waals surface area contributed by atoms with Gasteiger partial charge in [0.15, 0.2) is 0 Å². The summed E-state index contributed by atoms with van der Waals surface area (Å²) in [5.41, 5.74) is 1.91. The molecule has 0 spiro atoms. The normalized spacial score (nSPS) is 15.8. The SMILES string of the molecule is O=C1CCCN1c1ccc2nccc(Br)c2c1. The molecule has 0 atom stereocenters. The van der Waals surface area contributed by atoms with Gasteiger partial charge in [-0.05, 0) is 30.7 Å². The van der Waals surface area contributed by atoms with E-state index in [9.17, 15) is 4.79 Å². The molecule has 0 saturated carbocycles. The first kappa shape index (κ1) is 10.7. The maximum atomic E-state index is 11.7. The Morgan fingerprint density at radius 1 is 1.29 bits per heavy atom. The highest BCUT2D eigenvalue weighted by Crippen LogP contribution is 2.28. The van der Waals surface area contributed by atoms with Gasteiger partial charge in [-0.3, -0.25) is 9.78 Å². The average molecular weight is 291 g/mol. The lowest BCUT2D eigenvalue weighted by molar-refractivity contribution is -0.117. The van der Waals surface area contributed by atoms with E-state index in [1.54, 1.807) is 6.20 Å². The number of nitrogens with zero attached hydrogens (tertiary/aromatic N) is 2. The second-order valence-corrected chi connectivity index (χ2v) is 5.00. The smallest absolute Gasteiger partial charge is 0.227 e. The van der Waals surface area contributed by atoms with Crippen LogP contribution in [-0.4, -0.2) is 17.4 Å². The number of pyridine rings is 1. The van der Waals surface area contributed by atoms with Gasteiger partial charge in [0.2, 0.25) is 5.91 Å². The predicted molar refractivity (Wildman–Crippen MR) is 71.0 cm³/mol. The molecule has 3 rings (SSSR count). The highest BCUT2D eigenvalue weighted by molar-refractivity contribution is 9.10. The standard InChI is InChI=1S/C13H11BrN2O/c14-11-5-6-15-12-4-3-9(8-10(11)12)16-7-1-2-13(16)17/h3-6,8H,1-2,7H2. The molecule has 0 bridgehead atoms. The largest absolute Gasteiger partial charge is 0.312 e. The lowest BCUT2D eigenvalue weighted by Gasteiger charge is -2.16. The van der Waals surface area contributed by atoms with Crippen LogP contribution in [0.1, 0.15) is 12.8 Å². The Morgan fingerprint density at radius 2 is 2.18 bits per heavy atom. The molecular weight excluding hydrogens is 280 g/mol. The topological polar surface area (TPSA) is 33.2 Å². The Kier molecular flexibility index (Phi) is 2.59. The van der Waals surface area contributed by atoms with Crippen molar-refractivity contribution < 1.29 is 4.79 Å². The number of rotatable bonds is 1. The third-order valence-corrected chi connectivity index (χ3v) is 3.75. The molecular formula is C13H11BrN2O. The quantitative estimate of drug-likeness (QED) is 0.808. The van der Waals surface area contributed by atoms with E-state index in [2.05, 4.69) is 20.9 Å². The van der Waals surface area contributed by atoms with E-state index in [-0.39, 0.29) is 5.91 Å². The van der Waals surface area contributed by atoms with Crippen molar-refractivity contribution in [2.75, 3.05) is 11.4 Å². The summed E-state index contributed by atoms with van der Waals surface area (Å²) in [6.07, 6.45) is 3.38. The average Bonchev–Trinajstić information content (AvgIpc) is 2.76. The van der Waals surface area contributed by atoms with Crippen molar-refractivity contribution in [2.45, 2.75) is 12.8 Å². The maximum Gasteiger partial charge on any atom is 0.227 e. The molecule has 0 aliphatic carbocycles. The van der Waals surface area contributed by atoms with E-state index in [0.29, 0.717) is 6.42 Å². The molecule has 1 aliphatic heterocycles. The molecule has 3 nitrogen and oxygen atoms in total. The van der Waals surface area contributed by atoms with Crippen LogP contribution >= 0.6 is 15.9 Å². The monoisotopic (exact) mass is 290 g/mol. The lowest BCUT2D eigenvalue weighted by atomic mass is 10.2. The van der Waals surface area contributed by atoms with E-state index >= 15 is 0 Å². The number of hydrogen-bond acceptors (Lipinski definition) is 2. The maximum absolute atomic E-state index is 11.7. The molecule has 4 heteroatoms. The van der Waals surface area contributed by atoms with Crippen LogP contribution in [-0.2, 0) is 4.79 Å². The minimum atomic E-state index is 0.212. The van der Waals surface area contributed by atoms with Gasteiger partial charge in [0.05, 0.1) is 5.52 Å². The Labute approximate surface area is 108 Å². The van der Waals surface area contributed by atoms with Crippen LogP contribution in [0.4, 0.5) is 5.69 Å². The van der Waals surface area contributed by atoms with Crippen molar-refractivity contribution in [3.63, 3.8) is 0 Å². The van der Waals surface area contributed by atoms with Crippen LogP contribution in [0.3, 0.4) is 0 Å². The summed E-state index contributed by atoms with van der Waals surface area (Å²) in [5, 5.41) is 1.05. The van der Waals surface area contributed by atoms with Crippen LogP contribution in [0.15, 0.2) is 34.9 Å². The number of fused-ring (bicyclic) bond motifs is 1. The summed E-state index contributed by atoms with van der Waals surface area (Å²) in [6, 6.07) is 7.86. The molecule has 1 amide bonds. The highest BCUT2D eigenvalue weighted by Gasteiger charge is 2.21. The first-order valence-corrected chi connectivity index (χ1v) is 6.39. The summed E-state index contributed by atoms with van der Waals surface area (Å²) >= 11 is 3.51. The second-order valence-electron chi connectivity index (χ2n) is 4.14. The molecule has 1 aromatic heterocycles. The van der Waals surface area contributed by atoms with Crippen LogP contribution < -0.4 is 4.90 Å². The minimum absolute atomic E-state index is 0.212. The number of hydrogen-bond donors (Lipinski definition) is 0. The van der Waals surface area contributed by atoms with Gasteiger partial charge in [-0.25, -0.2) is 0 Å². The molecule has 2 aromatic rings. The zero-order valence-corrected chi connectivity index (χ0v) is 10.8. The van der Waals surface area contributed by atoms with Crippen LogP contribution in [0.25, 0.3) is 10.9 Å². The van der Waals surface area contributed by atoms with E-state index in [1.165, 1.54) is 0 Å². The first-order chi connectivity index (χ1) is 8.25. The number of amides is 1. The first-order valence-electron chi connectivity index (χ1n) is 5.60. The highest BCUT2D eigenvalue weighted by atomic mass is 79.9. The minimum Gasteiger partial charge on any atom is -0.312 e. The molecule has 17 heavy (non-hydrogen) atoms. The van der Waals surface area contributed by atoms with Gasteiger partial charge in [-0.2, -0.15) is 0 Å².